The van der Waals surface area contributed by atoms with Crippen LogP contribution in [0.4, 0.5) is 15.9 Å². The first-order valence-corrected chi connectivity index (χ1v) is 8.63. The highest BCUT2D eigenvalue weighted by molar-refractivity contribution is 6.31. The summed E-state index contributed by atoms with van der Waals surface area (Å²) in [5.74, 6) is -0.152. The molecular formula is C18H16ClFN4O2. The molecule has 1 aromatic carbocycles. The SMILES string of the molecule is Nc1n[nH]c(C2=CC3CC(=O)CC3C2)c1C(=O)Nc1ccc(F)c(Cl)c1. The van der Waals surface area contributed by atoms with Crippen LogP contribution in [0.3, 0.4) is 0 Å². The van der Waals surface area contributed by atoms with Crippen LogP contribution < -0.4 is 11.1 Å². The van der Waals surface area contributed by atoms with E-state index in [1.165, 1.54) is 18.2 Å². The number of nitrogens with zero attached hydrogens (tertiary/aromatic N) is 1. The van der Waals surface area contributed by atoms with Gasteiger partial charge in [0.15, 0.2) is 5.82 Å². The number of hydrogen-bond acceptors (Lipinski definition) is 4. The highest BCUT2D eigenvalue weighted by Crippen LogP contribution is 2.45. The van der Waals surface area contributed by atoms with E-state index in [0.717, 1.165) is 5.57 Å². The van der Waals surface area contributed by atoms with Crippen LogP contribution >= 0.6 is 11.6 Å². The number of benzene rings is 1. The summed E-state index contributed by atoms with van der Waals surface area (Å²) in [4.78, 5) is 24.3. The van der Waals surface area contributed by atoms with Gasteiger partial charge in [0.25, 0.3) is 5.91 Å². The number of ketones is 1. The molecule has 1 heterocycles. The lowest BCUT2D eigenvalue weighted by molar-refractivity contribution is -0.117. The highest BCUT2D eigenvalue weighted by atomic mass is 35.5. The number of allylic oxidation sites excluding steroid dienone is 2. The molecule has 0 aliphatic heterocycles. The number of halogens is 2. The van der Waals surface area contributed by atoms with E-state index in [1.807, 2.05) is 6.08 Å². The Bertz CT molecular complexity index is 953. The van der Waals surface area contributed by atoms with Crippen LogP contribution in [0.5, 0.6) is 0 Å². The molecule has 8 heteroatoms. The number of nitrogens with two attached hydrogens (primary N) is 1. The summed E-state index contributed by atoms with van der Waals surface area (Å²) >= 11 is 5.75. The molecule has 0 saturated heterocycles. The number of rotatable bonds is 3. The van der Waals surface area contributed by atoms with E-state index in [1.54, 1.807) is 0 Å². The Morgan fingerprint density at radius 2 is 2.15 bits per heavy atom. The molecule has 26 heavy (non-hydrogen) atoms. The van der Waals surface area contributed by atoms with Crippen LogP contribution in [0.25, 0.3) is 5.57 Å². The van der Waals surface area contributed by atoms with Gasteiger partial charge in [-0.15, -0.1) is 0 Å². The van der Waals surface area contributed by atoms with E-state index >= 15 is 0 Å². The number of fused-ring (bicyclic) bond motifs is 1. The number of carbonyl (C=O) groups is 2. The smallest absolute Gasteiger partial charge is 0.261 e. The van der Waals surface area contributed by atoms with E-state index in [2.05, 4.69) is 15.5 Å². The van der Waals surface area contributed by atoms with E-state index < -0.39 is 11.7 Å². The number of aromatic amines is 1. The third kappa shape index (κ3) is 2.88. The summed E-state index contributed by atoms with van der Waals surface area (Å²) in [5, 5.41) is 9.37. The average molecular weight is 375 g/mol. The van der Waals surface area contributed by atoms with Gasteiger partial charge in [0.2, 0.25) is 0 Å². The van der Waals surface area contributed by atoms with Crippen molar-refractivity contribution in [2.24, 2.45) is 11.8 Å². The third-order valence-corrected chi connectivity index (χ3v) is 5.27. The first-order valence-electron chi connectivity index (χ1n) is 8.25. The molecule has 0 radical (unpaired) electrons. The maximum atomic E-state index is 13.3. The predicted octanol–water partition coefficient (Wildman–Crippen LogP) is 3.42. The monoisotopic (exact) mass is 374 g/mol. The fraction of sp³-hybridized carbons (Fsp3) is 0.278. The predicted molar refractivity (Wildman–Crippen MR) is 96.2 cm³/mol. The fourth-order valence-corrected chi connectivity index (χ4v) is 3.94. The Hall–Kier alpha value is -2.67. The maximum Gasteiger partial charge on any atom is 0.261 e. The van der Waals surface area contributed by atoms with Gasteiger partial charge in [0.05, 0.1) is 10.7 Å². The second-order valence-electron chi connectivity index (χ2n) is 6.71. The molecule has 0 spiro atoms. The number of H-pyrrole nitrogens is 1. The van der Waals surface area contributed by atoms with Crippen LogP contribution in [-0.2, 0) is 4.79 Å². The molecule has 1 fully saturated rings. The van der Waals surface area contributed by atoms with E-state index in [9.17, 15) is 14.0 Å². The lowest BCUT2D eigenvalue weighted by Gasteiger charge is -2.09. The van der Waals surface area contributed by atoms with Gasteiger partial charge in [-0.3, -0.25) is 14.7 Å². The Morgan fingerprint density at radius 3 is 2.88 bits per heavy atom. The normalized spacial score (nSPS) is 21.6. The Kier molecular flexibility index (Phi) is 4.03. The first-order chi connectivity index (χ1) is 12.4. The molecular weight excluding hydrogens is 359 g/mol. The highest BCUT2D eigenvalue weighted by Gasteiger charge is 2.38. The number of carbonyl (C=O) groups excluding carboxylic acids is 2. The zero-order valence-corrected chi connectivity index (χ0v) is 14.4. The average Bonchev–Trinajstić information content (AvgIpc) is 3.23. The maximum absolute atomic E-state index is 13.3. The van der Waals surface area contributed by atoms with Crippen molar-refractivity contribution < 1.29 is 14.0 Å². The van der Waals surface area contributed by atoms with Crippen LogP contribution in [0.1, 0.15) is 35.3 Å². The largest absolute Gasteiger partial charge is 0.382 e. The number of nitrogens with one attached hydrogen (secondary N) is 2. The third-order valence-electron chi connectivity index (χ3n) is 4.98. The van der Waals surface area contributed by atoms with Crippen molar-refractivity contribution >= 4 is 40.4 Å². The standard InChI is InChI=1S/C18H16ClFN4O2/c19-13-7-11(1-2-14(13)20)22-18(26)15-16(23-24-17(15)21)10-3-8-5-12(25)6-9(8)4-10/h1-3,7-9H,4-6H2,(H,22,26)(H3,21,23,24). The van der Waals surface area contributed by atoms with Crippen molar-refractivity contribution in [1.82, 2.24) is 10.2 Å². The minimum atomic E-state index is -0.564. The minimum absolute atomic E-state index is 0.0831. The topological polar surface area (TPSA) is 101 Å². The molecule has 2 aliphatic rings. The first kappa shape index (κ1) is 16.8. The molecule has 2 unspecified atom stereocenters. The van der Waals surface area contributed by atoms with Crippen molar-refractivity contribution in [3.63, 3.8) is 0 Å². The van der Waals surface area contributed by atoms with Crippen molar-refractivity contribution in [2.75, 3.05) is 11.1 Å². The molecule has 4 N–H and O–H groups in total. The van der Waals surface area contributed by atoms with Gasteiger partial charge >= 0.3 is 0 Å². The second-order valence-corrected chi connectivity index (χ2v) is 7.12. The van der Waals surface area contributed by atoms with Crippen LogP contribution in [0.2, 0.25) is 5.02 Å². The number of Topliss-reactive ketones (excluding diaryl/α,β-unsaturated/α-hetero) is 1. The molecule has 6 nitrogen and oxygen atoms in total. The summed E-state index contributed by atoms with van der Waals surface area (Å²) in [6.45, 7) is 0. The summed E-state index contributed by atoms with van der Waals surface area (Å²) < 4.78 is 13.3. The van der Waals surface area contributed by atoms with Crippen LogP contribution in [-0.4, -0.2) is 21.9 Å². The molecule has 2 aromatic rings. The van der Waals surface area contributed by atoms with Gasteiger partial charge in [-0.2, -0.15) is 5.10 Å². The van der Waals surface area contributed by atoms with Crippen LogP contribution in [0.15, 0.2) is 24.3 Å². The van der Waals surface area contributed by atoms with E-state index in [-0.39, 0.29) is 34.0 Å². The molecule has 2 atom stereocenters. The summed E-state index contributed by atoms with van der Waals surface area (Å²) in [5.41, 5.74) is 7.99. The lowest BCUT2D eigenvalue weighted by atomic mass is 9.98. The lowest BCUT2D eigenvalue weighted by Crippen LogP contribution is -2.15. The van der Waals surface area contributed by atoms with Crippen LogP contribution in [0, 0.1) is 17.7 Å². The van der Waals surface area contributed by atoms with Crippen molar-refractivity contribution in [3.05, 3.63) is 46.4 Å². The summed E-state index contributed by atoms with van der Waals surface area (Å²) in [6, 6.07) is 3.92. The van der Waals surface area contributed by atoms with Crippen molar-refractivity contribution in [1.29, 1.82) is 0 Å². The Balaban J connectivity index is 1.60. The summed E-state index contributed by atoms with van der Waals surface area (Å²) in [7, 11) is 0. The van der Waals surface area contributed by atoms with E-state index in [0.29, 0.717) is 30.6 Å². The molecule has 1 amide bonds. The molecule has 0 bridgehead atoms. The minimum Gasteiger partial charge on any atom is -0.382 e. The molecule has 1 saturated carbocycles. The molecule has 1 aromatic heterocycles. The van der Waals surface area contributed by atoms with Crippen molar-refractivity contribution in [2.45, 2.75) is 19.3 Å². The van der Waals surface area contributed by atoms with Gasteiger partial charge in [-0.05, 0) is 42.0 Å². The molecule has 4 rings (SSSR count). The van der Waals surface area contributed by atoms with Crippen molar-refractivity contribution in [3.8, 4) is 0 Å². The number of aromatic nitrogens is 2. The summed E-state index contributed by atoms with van der Waals surface area (Å²) in [6.07, 6.45) is 3.87. The Labute approximate surface area is 153 Å². The number of anilines is 2. The second kappa shape index (κ2) is 6.25. The number of amides is 1. The number of hydrogen-bond donors (Lipinski definition) is 3. The Morgan fingerprint density at radius 1 is 1.35 bits per heavy atom. The van der Waals surface area contributed by atoms with Gasteiger partial charge in [0, 0.05) is 18.5 Å². The zero-order chi connectivity index (χ0) is 18.4. The number of nitrogen functional groups attached to an aromatic ring is 1. The molecule has 134 valence electrons. The quantitative estimate of drug-likeness (QED) is 0.766. The van der Waals surface area contributed by atoms with Gasteiger partial charge in [0.1, 0.15) is 17.2 Å². The van der Waals surface area contributed by atoms with E-state index in [4.69, 9.17) is 17.3 Å². The van der Waals surface area contributed by atoms with Gasteiger partial charge < -0.3 is 11.1 Å². The zero-order valence-electron chi connectivity index (χ0n) is 13.7. The molecule has 2 aliphatic carbocycles. The van der Waals surface area contributed by atoms with Gasteiger partial charge in [-0.25, -0.2) is 4.39 Å². The van der Waals surface area contributed by atoms with Gasteiger partial charge in [-0.1, -0.05) is 17.7 Å². The fourth-order valence-electron chi connectivity index (χ4n) is 3.76.